The van der Waals surface area contributed by atoms with Crippen LogP contribution in [0.3, 0.4) is 0 Å². The van der Waals surface area contributed by atoms with Crippen LogP contribution in [0.1, 0.15) is 62.6 Å². The molecule has 0 radical (unpaired) electrons. The molecule has 1 aliphatic heterocycles. The molecule has 1 amide bonds. The Balaban J connectivity index is 1.81. The third-order valence-corrected chi connectivity index (χ3v) is 4.61. The maximum absolute atomic E-state index is 12.7. The van der Waals surface area contributed by atoms with Gasteiger partial charge >= 0.3 is 0 Å². The molecule has 2 heterocycles. The molecule has 0 atom stereocenters. The topological polar surface area (TPSA) is 61.0 Å². The molecule has 1 aliphatic rings. The number of H-pyrrole nitrogens is 1. The van der Waals surface area contributed by atoms with Gasteiger partial charge in [-0.05, 0) is 58.2 Å². The summed E-state index contributed by atoms with van der Waals surface area (Å²) >= 11 is 0. The van der Waals surface area contributed by atoms with Crippen LogP contribution in [0.15, 0.2) is 35.4 Å². The zero-order valence-corrected chi connectivity index (χ0v) is 15.9. The Morgan fingerprint density at radius 2 is 2.00 bits per heavy atom. The van der Waals surface area contributed by atoms with Gasteiger partial charge in [0, 0.05) is 13.1 Å². The van der Waals surface area contributed by atoms with Crippen molar-refractivity contribution in [1.82, 2.24) is 20.4 Å². The van der Waals surface area contributed by atoms with Gasteiger partial charge in [-0.15, -0.1) is 0 Å². The smallest absolute Gasteiger partial charge is 0.267 e. The number of carbonyl (C=O) groups is 1. The number of piperidine rings is 1. The highest BCUT2D eigenvalue weighted by Gasteiger charge is 2.17. The first-order valence-electron chi connectivity index (χ1n) is 9.38. The highest BCUT2D eigenvalue weighted by Crippen LogP contribution is 2.19. The molecule has 0 unspecified atom stereocenters. The molecule has 138 valence electrons. The molecule has 5 nitrogen and oxygen atoms in total. The summed E-state index contributed by atoms with van der Waals surface area (Å²) in [6.07, 6.45) is 8.65. The molecular weight excluding hydrogens is 324 g/mol. The predicted octanol–water partition coefficient (Wildman–Crippen LogP) is 4.45. The minimum Gasteiger partial charge on any atom is -0.338 e. The van der Waals surface area contributed by atoms with Gasteiger partial charge in [-0.25, -0.2) is 9.99 Å². The van der Waals surface area contributed by atoms with E-state index in [1.165, 1.54) is 17.6 Å². The van der Waals surface area contributed by atoms with Crippen molar-refractivity contribution in [1.29, 1.82) is 0 Å². The van der Waals surface area contributed by atoms with E-state index in [-0.39, 0.29) is 5.91 Å². The number of imidazole rings is 1. The number of fused-ring (bicyclic) bond motifs is 1. The molecule has 0 aliphatic carbocycles. The number of para-hydroxylation sites is 1. The Kier molecular flexibility index (Phi) is 5.89. The number of hydrogen-bond acceptors (Lipinski definition) is 3. The summed E-state index contributed by atoms with van der Waals surface area (Å²) < 4.78 is 0. The molecule has 1 fully saturated rings. The number of nitrogens with zero attached hydrogens (tertiary/aromatic N) is 2. The van der Waals surface area contributed by atoms with E-state index in [1.807, 2.05) is 29.3 Å². The Hall–Kier alpha value is -2.40. The van der Waals surface area contributed by atoms with Crippen LogP contribution < -0.4 is 5.43 Å². The van der Waals surface area contributed by atoms with Crippen molar-refractivity contribution in [3.63, 3.8) is 0 Å². The average molecular weight is 352 g/mol. The molecule has 2 aromatic rings. The van der Waals surface area contributed by atoms with E-state index in [9.17, 15) is 4.79 Å². The maximum Gasteiger partial charge on any atom is 0.267 e. The van der Waals surface area contributed by atoms with E-state index in [2.05, 4.69) is 42.2 Å². The van der Waals surface area contributed by atoms with Crippen LogP contribution in [0.5, 0.6) is 0 Å². The standard InChI is InChI=1S/C21H28N4O/c1-15(2)10-11-16(3)14-19-22-18-9-7-8-17(20(18)23-19)21(26)24-25-12-5-4-6-13-25/h7-10,14H,4-6,11-13H2,1-3H3,(H,22,23)(H,24,26)/b16-14+. The fourth-order valence-electron chi connectivity index (χ4n) is 3.17. The van der Waals surface area contributed by atoms with Crippen LogP contribution in [-0.2, 0) is 0 Å². The van der Waals surface area contributed by atoms with Crippen LogP contribution in [0, 0.1) is 0 Å². The lowest BCUT2D eigenvalue weighted by Crippen LogP contribution is -2.45. The zero-order valence-electron chi connectivity index (χ0n) is 15.9. The number of hydrazine groups is 1. The van der Waals surface area contributed by atoms with Crippen molar-refractivity contribution < 1.29 is 4.79 Å². The largest absolute Gasteiger partial charge is 0.338 e. The van der Waals surface area contributed by atoms with Gasteiger partial charge in [0.25, 0.3) is 5.91 Å². The van der Waals surface area contributed by atoms with Crippen molar-refractivity contribution in [3.05, 3.63) is 46.8 Å². The van der Waals surface area contributed by atoms with Gasteiger partial charge in [-0.2, -0.15) is 0 Å². The lowest BCUT2D eigenvalue weighted by molar-refractivity contribution is 0.0751. The number of amides is 1. The molecule has 1 aromatic heterocycles. The van der Waals surface area contributed by atoms with Crippen LogP contribution >= 0.6 is 0 Å². The van der Waals surface area contributed by atoms with Crippen molar-refractivity contribution in [2.75, 3.05) is 13.1 Å². The molecule has 0 saturated carbocycles. The number of allylic oxidation sites excluding steroid dienone is 3. The highest BCUT2D eigenvalue weighted by molar-refractivity contribution is 6.04. The molecule has 2 N–H and O–H groups in total. The molecule has 3 rings (SSSR count). The molecule has 5 heteroatoms. The first-order chi connectivity index (χ1) is 12.5. The first kappa shape index (κ1) is 18.4. The third-order valence-electron chi connectivity index (χ3n) is 4.61. The Bertz CT molecular complexity index is 837. The third kappa shape index (κ3) is 4.61. The lowest BCUT2D eigenvalue weighted by Gasteiger charge is -2.26. The van der Waals surface area contributed by atoms with E-state index >= 15 is 0 Å². The Morgan fingerprint density at radius 3 is 2.73 bits per heavy atom. The van der Waals surface area contributed by atoms with Crippen LogP contribution in [0.4, 0.5) is 0 Å². The molecule has 0 bridgehead atoms. The van der Waals surface area contributed by atoms with Gasteiger partial charge < -0.3 is 4.98 Å². The Morgan fingerprint density at radius 1 is 1.23 bits per heavy atom. The van der Waals surface area contributed by atoms with Crippen LogP contribution in [-0.4, -0.2) is 34.0 Å². The van der Waals surface area contributed by atoms with E-state index in [0.29, 0.717) is 5.56 Å². The van der Waals surface area contributed by atoms with Gasteiger partial charge in [0.05, 0.1) is 11.1 Å². The number of nitrogens with one attached hydrogen (secondary N) is 2. The van der Waals surface area contributed by atoms with E-state index in [4.69, 9.17) is 0 Å². The van der Waals surface area contributed by atoms with Crippen molar-refractivity contribution >= 4 is 23.0 Å². The molecule has 1 saturated heterocycles. The van der Waals surface area contributed by atoms with Crippen molar-refractivity contribution in [2.45, 2.75) is 46.5 Å². The van der Waals surface area contributed by atoms with Crippen molar-refractivity contribution in [3.8, 4) is 0 Å². The second-order valence-electron chi connectivity index (χ2n) is 7.29. The Labute approximate surface area is 155 Å². The molecular formula is C21H28N4O. The quantitative estimate of drug-likeness (QED) is 0.781. The number of hydrogen-bond donors (Lipinski definition) is 2. The summed E-state index contributed by atoms with van der Waals surface area (Å²) in [5.41, 5.74) is 7.79. The summed E-state index contributed by atoms with van der Waals surface area (Å²) in [6.45, 7) is 8.12. The monoisotopic (exact) mass is 352 g/mol. The summed E-state index contributed by atoms with van der Waals surface area (Å²) in [4.78, 5) is 20.7. The van der Waals surface area contributed by atoms with Gasteiger partial charge in [-0.3, -0.25) is 10.2 Å². The van der Waals surface area contributed by atoms with Gasteiger partial charge in [0.1, 0.15) is 11.3 Å². The summed E-state index contributed by atoms with van der Waals surface area (Å²) in [5, 5.41) is 2.02. The summed E-state index contributed by atoms with van der Waals surface area (Å²) in [7, 11) is 0. The predicted molar refractivity (Wildman–Crippen MR) is 107 cm³/mol. The number of aromatic amines is 1. The number of carbonyl (C=O) groups excluding carboxylic acids is 1. The number of rotatable bonds is 5. The van der Waals surface area contributed by atoms with Crippen molar-refractivity contribution in [2.24, 2.45) is 0 Å². The summed E-state index contributed by atoms with van der Waals surface area (Å²) in [5.74, 6) is 0.707. The maximum atomic E-state index is 12.7. The second kappa shape index (κ2) is 8.32. The van der Waals surface area contributed by atoms with Gasteiger partial charge in [-0.1, -0.05) is 29.7 Å². The molecule has 0 spiro atoms. The fourth-order valence-corrected chi connectivity index (χ4v) is 3.17. The molecule has 1 aromatic carbocycles. The van der Waals surface area contributed by atoms with Gasteiger partial charge in [0.2, 0.25) is 0 Å². The lowest BCUT2D eigenvalue weighted by atomic mass is 10.1. The highest BCUT2D eigenvalue weighted by atomic mass is 16.2. The van der Waals surface area contributed by atoms with E-state index < -0.39 is 0 Å². The minimum atomic E-state index is -0.0826. The fraction of sp³-hybridized carbons (Fsp3) is 0.429. The summed E-state index contributed by atoms with van der Waals surface area (Å²) in [6, 6.07) is 5.70. The van der Waals surface area contributed by atoms with Gasteiger partial charge in [0.15, 0.2) is 0 Å². The van der Waals surface area contributed by atoms with E-state index in [0.717, 1.165) is 49.2 Å². The number of benzene rings is 1. The SMILES string of the molecule is CC(C)=CC/C(C)=C/c1nc2c(C(=O)NN3CCCCC3)cccc2[nH]1. The normalized spacial score (nSPS) is 15.9. The number of aromatic nitrogens is 2. The van der Waals surface area contributed by atoms with E-state index in [1.54, 1.807) is 0 Å². The van der Waals surface area contributed by atoms with Crippen LogP contribution in [0.2, 0.25) is 0 Å². The molecule has 26 heavy (non-hydrogen) atoms. The second-order valence-corrected chi connectivity index (χ2v) is 7.29. The minimum absolute atomic E-state index is 0.0826. The zero-order chi connectivity index (χ0) is 18.5. The average Bonchev–Trinajstić information content (AvgIpc) is 3.03. The van der Waals surface area contributed by atoms with Crippen LogP contribution in [0.25, 0.3) is 17.1 Å². The first-order valence-corrected chi connectivity index (χ1v) is 9.38.